The highest BCUT2D eigenvalue weighted by atomic mass is 32.2. The predicted octanol–water partition coefficient (Wildman–Crippen LogP) is 3.13. The molecule has 0 fully saturated rings. The maximum atomic E-state index is 12.7. The van der Waals surface area contributed by atoms with E-state index in [1.54, 1.807) is 18.6 Å². The Labute approximate surface area is 153 Å². The second-order valence-electron chi connectivity index (χ2n) is 5.49. The second kappa shape index (κ2) is 7.44. The number of amides is 1. The van der Waals surface area contributed by atoms with E-state index in [2.05, 4.69) is 20.3 Å². The van der Waals surface area contributed by atoms with E-state index in [9.17, 15) is 4.79 Å². The van der Waals surface area contributed by atoms with Crippen LogP contribution in [-0.4, -0.2) is 37.6 Å². The molecule has 0 aromatic carbocycles. The summed E-state index contributed by atoms with van der Waals surface area (Å²) in [6.07, 6.45) is 8.87. The number of aromatic nitrogens is 3. The van der Waals surface area contributed by atoms with E-state index in [0.29, 0.717) is 17.3 Å². The third kappa shape index (κ3) is 3.62. The first-order valence-electron chi connectivity index (χ1n) is 7.92. The Hall–Kier alpha value is -3.07. The summed E-state index contributed by atoms with van der Waals surface area (Å²) in [6.45, 7) is 0. The minimum Gasteiger partial charge on any atom is -0.467 e. The lowest BCUT2D eigenvalue weighted by atomic mass is 10.1. The van der Waals surface area contributed by atoms with Crippen molar-refractivity contribution in [1.29, 1.82) is 0 Å². The largest absolute Gasteiger partial charge is 0.467 e. The molecule has 1 unspecified atom stereocenters. The molecule has 26 heavy (non-hydrogen) atoms. The number of furan rings is 2. The average molecular weight is 369 g/mol. The number of hydrogen-bond donors (Lipinski definition) is 1. The van der Waals surface area contributed by atoms with Gasteiger partial charge in [0.2, 0.25) is 0 Å². The van der Waals surface area contributed by atoms with E-state index in [0.717, 1.165) is 11.5 Å². The maximum Gasteiger partial charge on any atom is 0.253 e. The summed E-state index contributed by atoms with van der Waals surface area (Å²) in [4.78, 5) is 16.7. The lowest BCUT2D eigenvalue weighted by Gasteiger charge is -2.19. The highest BCUT2D eigenvalue weighted by Crippen LogP contribution is 2.32. The molecule has 0 bridgehead atoms. The lowest BCUT2D eigenvalue weighted by Crippen LogP contribution is -2.28. The van der Waals surface area contributed by atoms with Gasteiger partial charge in [-0.2, -0.15) is 10.2 Å². The normalized spacial score (nSPS) is 17.2. The van der Waals surface area contributed by atoms with Gasteiger partial charge in [0, 0.05) is 6.42 Å². The number of allylic oxidation sites excluding steroid dienone is 1. The molecule has 4 rings (SSSR count). The molecule has 8 nitrogen and oxygen atoms in total. The molecule has 0 saturated carbocycles. The first kappa shape index (κ1) is 16.4. The van der Waals surface area contributed by atoms with Crippen LogP contribution in [-0.2, 0) is 4.79 Å². The van der Waals surface area contributed by atoms with Crippen LogP contribution < -0.4 is 0 Å². The summed E-state index contributed by atoms with van der Waals surface area (Å²) in [6, 6.07) is 7.07. The number of nitrogens with zero attached hydrogens (tertiary/aromatic N) is 4. The van der Waals surface area contributed by atoms with Gasteiger partial charge in [0.15, 0.2) is 5.16 Å². The molecule has 1 aliphatic heterocycles. The van der Waals surface area contributed by atoms with E-state index in [-0.39, 0.29) is 17.7 Å². The number of nitrogens with one attached hydrogen (secondary N) is 1. The van der Waals surface area contributed by atoms with E-state index < -0.39 is 0 Å². The number of rotatable bonds is 6. The minimum absolute atomic E-state index is 0.130. The average Bonchev–Trinajstić information content (AvgIpc) is 3.45. The van der Waals surface area contributed by atoms with Gasteiger partial charge in [-0.15, -0.1) is 0 Å². The Morgan fingerprint density at radius 1 is 1.31 bits per heavy atom. The Morgan fingerprint density at radius 3 is 2.92 bits per heavy atom. The van der Waals surface area contributed by atoms with Crippen LogP contribution >= 0.6 is 11.8 Å². The monoisotopic (exact) mass is 369 g/mol. The van der Waals surface area contributed by atoms with Crippen LogP contribution in [0.15, 0.2) is 68.3 Å². The molecule has 0 radical (unpaired) electrons. The van der Waals surface area contributed by atoms with Crippen LogP contribution in [0.2, 0.25) is 0 Å². The SMILES string of the molecule is O=C(CSc1ncn[nH]1)N1N=C(/C=C/c2ccco2)CC1c1ccco1. The Bertz CT molecular complexity index is 901. The van der Waals surface area contributed by atoms with Gasteiger partial charge in [-0.3, -0.25) is 9.89 Å². The molecule has 0 spiro atoms. The summed E-state index contributed by atoms with van der Waals surface area (Å²) < 4.78 is 10.8. The van der Waals surface area contributed by atoms with Crippen LogP contribution in [0.1, 0.15) is 24.0 Å². The standard InChI is InChI=1S/C17H15N5O3S/c23-16(10-26-17-18-11-19-20-17)22-14(15-4-2-8-25-15)9-12(21-22)5-6-13-3-1-7-24-13/h1-8,11,14H,9-10H2,(H,18,19,20)/b6-5+. The summed E-state index contributed by atoms with van der Waals surface area (Å²) in [5.74, 6) is 1.50. The topological polar surface area (TPSA) is 101 Å². The van der Waals surface area contributed by atoms with Gasteiger partial charge in [-0.05, 0) is 36.4 Å². The Morgan fingerprint density at radius 2 is 2.19 bits per heavy atom. The minimum atomic E-state index is -0.260. The van der Waals surface area contributed by atoms with Crippen molar-refractivity contribution < 1.29 is 13.6 Å². The number of carbonyl (C=O) groups excluding carboxylic acids is 1. The van der Waals surface area contributed by atoms with E-state index >= 15 is 0 Å². The zero-order chi connectivity index (χ0) is 17.8. The number of hydrogen-bond acceptors (Lipinski definition) is 7. The van der Waals surface area contributed by atoms with Gasteiger partial charge < -0.3 is 8.83 Å². The third-order valence-corrected chi connectivity index (χ3v) is 4.63. The smallest absolute Gasteiger partial charge is 0.253 e. The van der Waals surface area contributed by atoms with Gasteiger partial charge in [-0.1, -0.05) is 11.8 Å². The van der Waals surface area contributed by atoms with Crippen molar-refractivity contribution in [1.82, 2.24) is 20.2 Å². The van der Waals surface area contributed by atoms with Crippen molar-refractivity contribution in [2.24, 2.45) is 5.10 Å². The fourth-order valence-corrected chi connectivity index (χ4v) is 3.22. The summed E-state index contributed by atoms with van der Waals surface area (Å²) >= 11 is 1.28. The van der Waals surface area contributed by atoms with E-state index in [4.69, 9.17) is 8.83 Å². The van der Waals surface area contributed by atoms with E-state index in [1.807, 2.05) is 30.4 Å². The molecule has 132 valence electrons. The first-order valence-corrected chi connectivity index (χ1v) is 8.91. The summed E-state index contributed by atoms with van der Waals surface area (Å²) in [5.41, 5.74) is 0.779. The quantitative estimate of drug-likeness (QED) is 0.670. The molecular weight excluding hydrogens is 354 g/mol. The maximum absolute atomic E-state index is 12.7. The number of H-pyrrole nitrogens is 1. The van der Waals surface area contributed by atoms with Gasteiger partial charge in [0.1, 0.15) is 23.9 Å². The highest BCUT2D eigenvalue weighted by molar-refractivity contribution is 7.99. The molecular formula is C17H15N5O3S. The fourth-order valence-electron chi connectivity index (χ4n) is 2.59. The number of hydrazone groups is 1. The Balaban J connectivity index is 1.50. The molecule has 1 atom stereocenters. The number of aromatic amines is 1. The molecule has 9 heteroatoms. The van der Waals surface area contributed by atoms with Crippen LogP contribution in [0.3, 0.4) is 0 Å². The van der Waals surface area contributed by atoms with Gasteiger partial charge in [0.25, 0.3) is 5.91 Å². The van der Waals surface area contributed by atoms with Crippen molar-refractivity contribution in [2.75, 3.05) is 5.75 Å². The molecule has 4 heterocycles. The Kier molecular flexibility index (Phi) is 4.69. The summed E-state index contributed by atoms with van der Waals surface area (Å²) in [7, 11) is 0. The molecule has 3 aromatic heterocycles. The van der Waals surface area contributed by atoms with Crippen molar-refractivity contribution in [3.8, 4) is 0 Å². The van der Waals surface area contributed by atoms with Gasteiger partial charge in [0.05, 0.1) is 24.0 Å². The lowest BCUT2D eigenvalue weighted by molar-refractivity contribution is -0.130. The van der Waals surface area contributed by atoms with Gasteiger partial charge >= 0.3 is 0 Å². The summed E-state index contributed by atoms with van der Waals surface area (Å²) in [5, 5.41) is 13.0. The molecule has 0 saturated heterocycles. The molecule has 1 aliphatic rings. The first-order chi connectivity index (χ1) is 12.8. The van der Waals surface area contributed by atoms with Crippen molar-refractivity contribution in [3.05, 3.63) is 60.7 Å². The molecule has 0 aliphatic carbocycles. The van der Waals surface area contributed by atoms with Crippen LogP contribution in [0.5, 0.6) is 0 Å². The number of thioether (sulfide) groups is 1. The molecule has 1 amide bonds. The van der Waals surface area contributed by atoms with Crippen LogP contribution in [0, 0.1) is 0 Å². The van der Waals surface area contributed by atoms with Crippen molar-refractivity contribution in [2.45, 2.75) is 17.6 Å². The predicted molar refractivity (Wildman–Crippen MR) is 95.2 cm³/mol. The van der Waals surface area contributed by atoms with E-state index in [1.165, 1.54) is 23.1 Å². The fraction of sp³-hybridized carbons (Fsp3) is 0.176. The van der Waals surface area contributed by atoms with Crippen LogP contribution in [0.25, 0.3) is 6.08 Å². The molecule has 3 aromatic rings. The van der Waals surface area contributed by atoms with Crippen LogP contribution in [0.4, 0.5) is 0 Å². The molecule has 1 N–H and O–H groups in total. The zero-order valence-electron chi connectivity index (χ0n) is 13.6. The second-order valence-corrected chi connectivity index (χ2v) is 6.46. The van der Waals surface area contributed by atoms with Crippen molar-refractivity contribution in [3.63, 3.8) is 0 Å². The van der Waals surface area contributed by atoms with Gasteiger partial charge in [-0.25, -0.2) is 9.99 Å². The highest BCUT2D eigenvalue weighted by Gasteiger charge is 2.33. The third-order valence-electron chi connectivity index (χ3n) is 3.77. The number of carbonyl (C=O) groups is 1. The van der Waals surface area contributed by atoms with Crippen molar-refractivity contribution >= 4 is 29.5 Å². The zero-order valence-corrected chi connectivity index (χ0v) is 14.4.